The highest BCUT2D eigenvalue weighted by Gasteiger charge is 2.17. The fourth-order valence-corrected chi connectivity index (χ4v) is 6.88. The van der Waals surface area contributed by atoms with Crippen LogP contribution in [-0.2, 0) is 16.0 Å². The second kappa shape index (κ2) is 16.3. The highest BCUT2D eigenvalue weighted by Crippen LogP contribution is 2.37. The Balaban J connectivity index is 1.16. The van der Waals surface area contributed by atoms with Crippen LogP contribution in [0.1, 0.15) is 44.7 Å². The Morgan fingerprint density at radius 2 is 1.54 bits per heavy atom. The van der Waals surface area contributed by atoms with Gasteiger partial charge in [0.05, 0.1) is 31.0 Å². The maximum Gasteiger partial charge on any atom is 0.305 e. The van der Waals surface area contributed by atoms with E-state index in [1.807, 2.05) is 85.8 Å². The Hall–Kier alpha value is -6.13. The molecule has 0 fully saturated rings. The SMILES string of the molecule is COC(=O)CCCc1ccc(-c2ccc(NC(=O)c3cccc(Sc4cc(C)c5ncc(C(N)=O)c(Nc6cccc(OC)c6)c5c4)c3)cc2)cc1. The fourth-order valence-electron chi connectivity index (χ4n) is 5.86. The maximum absolute atomic E-state index is 13.3. The number of carbonyl (C=O) groups excluding carboxylic acids is 3. The number of rotatable bonds is 13. The quantitative estimate of drug-likeness (QED) is 0.101. The van der Waals surface area contributed by atoms with Crippen LogP contribution < -0.4 is 21.1 Å². The molecule has 0 saturated carbocycles. The summed E-state index contributed by atoms with van der Waals surface area (Å²) in [6, 6.07) is 34.9. The van der Waals surface area contributed by atoms with Gasteiger partial charge in [-0.1, -0.05) is 60.3 Å². The molecule has 52 heavy (non-hydrogen) atoms. The lowest BCUT2D eigenvalue weighted by Crippen LogP contribution is -2.14. The van der Waals surface area contributed by atoms with E-state index in [1.165, 1.54) is 25.1 Å². The summed E-state index contributed by atoms with van der Waals surface area (Å²) in [5, 5.41) is 7.12. The number of pyridine rings is 1. The van der Waals surface area contributed by atoms with E-state index in [4.69, 9.17) is 15.2 Å². The van der Waals surface area contributed by atoms with Crippen LogP contribution in [0.5, 0.6) is 5.75 Å². The summed E-state index contributed by atoms with van der Waals surface area (Å²) in [6.07, 6.45) is 3.45. The van der Waals surface area contributed by atoms with Crippen LogP contribution >= 0.6 is 11.8 Å². The summed E-state index contributed by atoms with van der Waals surface area (Å²) in [5.41, 5.74) is 13.5. The van der Waals surface area contributed by atoms with Crippen molar-refractivity contribution in [2.45, 2.75) is 36.0 Å². The maximum atomic E-state index is 13.3. The number of fused-ring (bicyclic) bond motifs is 1. The molecule has 10 heteroatoms. The number of hydrogen-bond acceptors (Lipinski definition) is 8. The van der Waals surface area contributed by atoms with E-state index in [1.54, 1.807) is 13.2 Å². The molecule has 0 saturated heterocycles. The van der Waals surface area contributed by atoms with Gasteiger partial charge in [0, 0.05) is 50.8 Å². The molecule has 262 valence electrons. The van der Waals surface area contributed by atoms with Gasteiger partial charge in [0.25, 0.3) is 11.8 Å². The molecule has 1 aromatic heterocycles. The summed E-state index contributed by atoms with van der Waals surface area (Å²) in [7, 11) is 3.00. The monoisotopic (exact) mass is 710 g/mol. The largest absolute Gasteiger partial charge is 0.497 e. The zero-order valence-electron chi connectivity index (χ0n) is 29.1. The van der Waals surface area contributed by atoms with Crippen molar-refractivity contribution >= 4 is 57.5 Å². The summed E-state index contributed by atoms with van der Waals surface area (Å²) in [4.78, 5) is 43.5. The van der Waals surface area contributed by atoms with Crippen molar-refractivity contribution in [3.63, 3.8) is 0 Å². The number of amides is 2. The van der Waals surface area contributed by atoms with Gasteiger partial charge in [-0.05, 0) is 96.6 Å². The topological polar surface area (TPSA) is 133 Å². The van der Waals surface area contributed by atoms with Crippen LogP contribution in [0.15, 0.2) is 125 Å². The van der Waals surface area contributed by atoms with E-state index < -0.39 is 5.91 Å². The number of primary amides is 1. The van der Waals surface area contributed by atoms with E-state index >= 15 is 0 Å². The van der Waals surface area contributed by atoms with E-state index in [0.717, 1.165) is 61.5 Å². The van der Waals surface area contributed by atoms with Crippen LogP contribution in [0.4, 0.5) is 17.1 Å². The minimum Gasteiger partial charge on any atom is -0.497 e. The van der Waals surface area contributed by atoms with Gasteiger partial charge in [0.15, 0.2) is 0 Å². The van der Waals surface area contributed by atoms with E-state index in [2.05, 4.69) is 39.9 Å². The number of hydrogen-bond donors (Lipinski definition) is 3. The smallest absolute Gasteiger partial charge is 0.305 e. The number of carbonyl (C=O) groups is 3. The van der Waals surface area contributed by atoms with Crippen LogP contribution in [0.2, 0.25) is 0 Å². The van der Waals surface area contributed by atoms with Gasteiger partial charge in [-0.25, -0.2) is 0 Å². The molecule has 0 aliphatic rings. The molecule has 6 aromatic rings. The summed E-state index contributed by atoms with van der Waals surface area (Å²) in [6.45, 7) is 1.97. The number of nitrogens with one attached hydrogen (secondary N) is 2. The summed E-state index contributed by atoms with van der Waals surface area (Å²) < 4.78 is 10.1. The third-order valence-electron chi connectivity index (χ3n) is 8.58. The molecule has 1 heterocycles. The van der Waals surface area contributed by atoms with Gasteiger partial charge in [-0.15, -0.1) is 0 Å². The third kappa shape index (κ3) is 8.59. The molecular formula is C42H38N4O5S. The molecule has 0 radical (unpaired) electrons. The van der Waals surface area contributed by atoms with Gasteiger partial charge in [0.2, 0.25) is 0 Å². The number of nitrogens with two attached hydrogens (primary N) is 1. The number of aryl methyl sites for hydroxylation is 2. The average Bonchev–Trinajstić information content (AvgIpc) is 3.15. The van der Waals surface area contributed by atoms with Crippen molar-refractivity contribution < 1.29 is 23.9 Å². The van der Waals surface area contributed by atoms with Gasteiger partial charge in [-0.2, -0.15) is 0 Å². The standard InChI is InChI=1S/C42H38N4O5S/c1-26-21-35(24-36-39(26)44-25-37(41(43)48)40(36)45-32-9-6-10-33(23-32)50-2)52-34-11-5-8-30(22-34)42(49)46-31-19-17-29(18-20-31)28-15-13-27(14-16-28)7-4-12-38(47)51-3/h5-6,8-11,13-25H,4,7,12H2,1-3H3,(H2,43,48)(H,44,45)(H,46,49). The van der Waals surface area contributed by atoms with E-state index in [-0.39, 0.29) is 17.4 Å². The molecule has 0 aliphatic carbocycles. The highest BCUT2D eigenvalue weighted by molar-refractivity contribution is 7.99. The molecule has 0 bridgehead atoms. The van der Waals surface area contributed by atoms with Crippen molar-refractivity contribution in [3.8, 4) is 16.9 Å². The second-order valence-corrected chi connectivity index (χ2v) is 13.3. The first-order valence-electron chi connectivity index (χ1n) is 16.7. The Morgan fingerprint density at radius 1 is 0.808 bits per heavy atom. The Labute approximate surface area is 306 Å². The number of esters is 1. The zero-order chi connectivity index (χ0) is 36.6. The van der Waals surface area contributed by atoms with Crippen LogP contribution in [0.25, 0.3) is 22.0 Å². The number of methoxy groups -OCH3 is 2. The number of ether oxygens (including phenoxy) is 2. The van der Waals surface area contributed by atoms with Crippen molar-refractivity contribution in [1.29, 1.82) is 0 Å². The average molecular weight is 711 g/mol. The number of benzene rings is 5. The lowest BCUT2D eigenvalue weighted by molar-refractivity contribution is -0.140. The molecule has 0 spiro atoms. The lowest BCUT2D eigenvalue weighted by atomic mass is 10.0. The molecule has 0 atom stereocenters. The Bertz CT molecular complexity index is 2260. The van der Waals surface area contributed by atoms with Crippen molar-refractivity contribution in [2.24, 2.45) is 5.73 Å². The molecule has 5 aromatic carbocycles. The Kier molecular flexibility index (Phi) is 11.2. The molecular weight excluding hydrogens is 673 g/mol. The summed E-state index contributed by atoms with van der Waals surface area (Å²) >= 11 is 1.50. The zero-order valence-corrected chi connectivity index (χ0v) is 29.9. The van der Waals surface area contributed by atoms with Crippen LogP contribution in [-0.4, -0.2) is 37.0 Å². The van der Waals surface area contributed by atoms with Gasteiger partial charge >= 0.3 is 5.97 Å². The van der Waals surface area contributed by atoms with Crippen molar-refractivity contribution in [1.82, 2.24) is 4.98 Å². The first-order valence-corrected chi connectivity index (χ1v) is 17.5. The van der Waals surface area contributed by atoms with E-state index in [0.29, 0.717) is 29.1 Å². The lowest BCUT2D eigenvalue weighted by Gasteiger charge is -2.16. The predicted octanol–water partition coefficient (Wildman–Crippen LogP) is 8.96. The number of aromatic nitrogens is 1. The number of anilines is 3. The molecule has 9 nitrogen and oxygen atoms in total. The molecule has 0 aliphatic heterocycles. The minimum atomic E-state index is -0.594. The molecule has 4 N–H and O–H groups in total. The Morgan fingerprint density at radius 3 is 2.25 bits per heavy atom. The molecule has 6 rings (SSSR count). The van der Waals surface area contributed by atoms with Crippen molar-refractivity contribution in [2.75, 3.05) is 24.9 Å². The first-order chi connectivity index (χ1) is 25.2. The third-order valence-corrected chi connectivity index (χ3v) is 9.54. The molecule has 0 unspecified atom stereocenters. The van der Waals surface area contributed by atoms with Gasteiger partial charge < -0.3 is 25.8 Å². The predicted molar refractivity (Wildman–Crippen MR) is 207 cm³/mol. The van der Waals surface area contributed by atoms with E-state index in [9.17, 15) is 14.4 Å². The van der Waals surface area contributed by atoms with Crippen molar-refractivity contribution in [3.05, 3.63) is 138 Å². The summed E-state index contributed by atoms with van der Waals surface area (Å²) in [5.74, 6) is -0.338. The first kappa shape index (κ1) is 35.7. The van der Waals surface area contributed by atoms with Gasteiger partial charge in [-0.3, -0.25) is 19.4 Å². The van der Waals surface area contributed by atoms with Crippen LogP contribution in [0.3, 0.4) is 0 Å². The van der Waals surface area contributed by atoms with Gasteiger partial charge in [0.1, 0.15) is 5.75 Å². The number of nitrogens with zero attached hydrogens (tertiary/aromatic N) is 1. The minimum absolute atomic E-state index is 0.194. The molecule has 2 amide bonds. The normalized spacial score (nSPS) is 10.8. The highest BCUT2D eigenvalue weighted by atomic mass is 32.2. The fraction of sp³-hybridized carbons (Fsp3) is 0.143. The second-order valence-electron chi connectivity index (χ2n) is 12.2. The van der Waals surface area contributed by atoms with Crippen LogP contribution in [0, 0.1) is 6.92 Å².